The van der Waals surface area contributed by atoms with Gasteiger partial charge in [-0.15, -0.1) is 0 Å². The second-order valence-corrected chi connectivity index (χ2v) is 11.5. The summed E-state index contributed by atoms with van der Waals surface area (Å²) in [5.41, 5.74) is 0. The Hall–Kier alpha value is -0.690. The Morgan fingerprint density at radius 2 is 0.950 bits per heavy atom. The Labute approximate surface area is 249 Å². The molecule has 0 aliphatic carbocycles. The van der Waals surface area contributed by atoms with Crippen LogP contribution in [0.2, 0.25) is 0 Å². The maximum atomic E-state index is 11.9. The number of aliphatic hydroxyl groups excluding tert-OH is 1. The third kappa shape index (κ3) is 31.8. The number of unbranched alkanes of at least 4 members (excludes halogenated alkanes) is 18. The quantitative estimate of drug-likeness (QED) is 0.0473. The molecule has 40 heavy (non-hydrogen) atoms. The minimum absolute atomic E-state index is 0.0297. The van der Waals surface area contributed by atoms with Crippen molar-refractivity contribution in [2.75, 3.05) is 52.9 Å². The lowest BCUT2D eigenvalue weighted by Crippen LogP contribution is -2.29. The van der Waals surface area contributed by atoms with Crippen molar-refractivity contribution in [3.8, 4) is 0 Å². The Morgan fingerprint density at radius 1 is 0.525 bits per heavy atom. The lowest BCUT2D eigenvalue weighted by atomic mass is 10.1. The van der Waals surface area contributed by atoms with Crippen LogP contribution in [0.15, 0.2) is 0 Å². The maximum Gasteiger partial charge on any atom is 0.305 e. The number of carbonyl (C=O) groups excluding carboxylic acids is 1. The molecule has 1 N–H and O–H groups in total. The SMILES string of the molecule is CCCCCCCCCOC(=O)CCCCCCN(CCO)CCCCCCCCOCOCCCCCCC. The van der Waals surface area contributed by atoms with Crippen LogP contribution < -0.4 is 0 Å². The molecular formula is C34H69NO5. The van der Waals surface area contributed by atoms with Gasteiger partial charge in [-0.05, 0) is 51.6 Å². The van der Waals surface area contributed by atoms with E-state index in [0.29, 0.717) is 19.8 Å². The third-order valence-electron chi connectivity index (χ3n) is 7.60. The molecule has 0 radical (unpaired) electrons. The first-order chi connectivity index (χ1) is 19.7. The van der Waals surface area contributed by atoms with Crippen LogP contribution >= 0.6 is 0 Å². The van der Waals surface area contributed by atoms with E-state index in [-0.39, 0.29) is 12.6 Å². The Balaban J connectivity index is 3.46. The molecule has 0 amide bonds. The van der Waals surface area contributed by atoms with Crippen molar-refractivity contribution in [2.24, 2.45) is 0 Å². The highest BCUT2D eigenvalue weighted by Crippen LogP contribution is 2.10. The number of ether oxygens (including phenoxy) is 3. The van der Waals surface area contributed by atoms with Crippen LogP contribution in [0, 0.1) is 0 Å². The molecule has 0 bridgehead atoms. The molecule has 0 heterocycles. The van der Waals surface area contributed by atoms with Crippen molar-refractivity contribution in [2.45, 2.75) is 162 Å². The lowest BCUT2D eigenvalue weighted by Gasteiger charge is -2.21. The fraction of sp³-hybridized carbons (Fsp3) is 0.971. The average molecular weight is 572 g/mol. The third-order valence-corrected chi connectivity index (χ3v) is 7.60. The molecule has 0 fully saturated rings. The molecule has 0 aromatic heterocycles. The molecule has 0 saturated heterocycles. The summed E-state index contributed by atoms with van der Waals surface area (Å²) in [5.74, 6) is -0.0297. The summed E-state index contributed by atoms with van der Waals surface area (Å²) < 4.78 is 16.5. The fourth-order valence-corrected chi connectivity index (χ4v) is 4.98. The van der Waals surface area contributed by atoms with Gasteiger partial charge in [0.15, 0.2) is 0 Å². The smallest absolute Gasteiger partial charge is 0.305 e. The summed E-state index contributed by atoms with van der Waals surface area (Å²) in [7, 11) is 0. The summed E-state index contributed by atoms with van der Waals surface area (Å²) in [6.07, 6.45) is 27.2. The van der Waals surface area contributed by atoms with Crippen LogP contribution in [0.4, 0.5) is 0 Å². The van der Waals surface area contributed by atoms with E-state index in [4.69, 9.17) is 14.2 Å². The predicted octanol–water partition coefficient (Wildman–Crippen LogP) is 8.83. The Morgan fingerprint density at radius 3 is 1.45 bits per heavy atom. The maximum absolute atomic E-state index is 11.9. The molecule has 0 aliphatic heterocycles. The molecule has 0 unspecified atom stereocenters. The molecule has 0 aliphatic rings. The van der Waals surface area contributed by atoms with E-state index in [9.17, 15) is 9.90 Å². The molecule has 0 saturated carbocycles. The fourth-order valence-electron chi connectivity index (χ4n) is 4.98. The number of aliphatic hydroxyl groups is 1. The minimum Gasteiger partial charge on any atom is -0.466 e. The highest BCUT2D eigenvalue weighted by molar-refractivity contribution is 5.69. The number of nitrogens with zero attached hydrogens (tertiary/aromatic N) is 1. The van der Waals surface area contributed by atoms with Gasteiger partial charge < -0.3 is 24.2 Å². The number of carbonyl (C=O) groups is 1. The van der Waals surface area contributed by atoms with Crippen molar-refractivity contribution in [3.05, 3.63) is 0 Å². The van der Waals surface area contributed by atoms with Gasteiger partial charge in [-0.25, -0.2) is 0 Å². The Kier molecular flexibility index (Phi) is 33.9. The van der Waals surface area contributed by atoms with E-state index in [1.807, 2.05) is 0 Å². The zero-order chi connectivity index (χ0) is 29.2. The summed E-state index contributed by atoms with van der Waals surface area (Å²) in [5, 5.41) is 9.41. The Bertz CT molecular complexity index is 491. The number of rotatable bonds is 34. The minimum atomic E-state index is -0.0297. The molecule has 0 aromatic carbocycles. The summed E-state index contributed by atoms with van der Waals surface area (Å²) in [6, 6.07) is 0. The molecule has 6 heteroatoms. The van der Waals surface area contributed by atoms with E-state index >= 15 is 0 Å². The number of esters is 1. The second-order valence-electron chi connectivity index (χ2n) is 11.5. The molecule has 6 nitrogen and oxygen atoms in total. The van der Waals surface area contributed by atoms with Gasteiger partial charge >= 0.3 is 5.97 Å². The molecule has 0 aromatic rings. The lowest BCUT2D eigenvalue weighted by molar-refractivity contribution is -0.143. The second kappa shape index (κ2) is 34.5. The van der Waals surface area contributed by atoms with Crippen LogP contribution in [0.25, 0.3) is 0 Å². The topological polar surface area (TPSA) is 68.2 Å². The monoisotopic (exact) mass is 572 g/mol. The van der Waals surface area contributed by atoms with E-state index < -0.39 is 0 Å². The molecule has 0 atom stereocenters. The van der Waals surface area contributed by atoms with Crippen LogP contribution in [-0.2, 0) is 19.0 Å². The summed E-state index contributed by atoms with van der Waals surface area (Å²) >= 11 is 0. The van der Waals surface area contributed by atoms with Crippen molar-refractivity contribution in [1.82, 2.24) is 4.90 Å². The highest BCUT2D eigenvalue weighted by Gasteiger charge is 2.06. The van der Waals surface area contributed by atoms with Gasteiger partial charge in [0.1, 0.15) is 6.79 Å². The van der Waals surface area contributed by atoms with Crippen molar-refractivity contribution >= 4 is 5.97 Å². The van der Waals surface area contributed by atoms with E-state index in [2.05, 4.69) is 18.7 Å². The van der Waals surface area contributed by atoms with Crippen LogP contribution in [0.1, 0.15) is 162 Å². The molecule has 0 rings (SSSR count). The number of hydrogen-bond acceptors (Lipinski definition) is 6. The first-order valence-corrected chi connectivity index (χ1v) is 17.4. The van der Waals surface area contributed by atoms with E-state index in [0.717, 1.165) is 77.8 Å². The zero-order valence-electron chi connectivity index (χ0n) is 26.9. The molecule has 0 spiro atoms. The van der Waals surface area contributed by atoms with Gasteiger partial charge in [0, 0.05) is 26.2 Å². The van der Waals surface area contributed by atoms with Gasteiger partial charge in [-0.3, -0.25) is 4.79 Å². The molecular weight excluding hydrogens is 502 g/mol. The standard InChI is InChI=1S/C34H69NO5/c1-3-5-7-9-11-18-24-32-40-34(37)25-19-13-15-21-27-35(28-29-36)26-20-14-10-12-17-23-31-39-33-38-30-22-16-8-6-4-2/h36H,3-33H2,1-2H3. The van der Waals surface area contributed by atoms with Gasteiger partial charge in [0.05, 0.1) is 13.2 Å². The van der Waals surface area contributed by atoms with Crippen molar-refractivity contribution in [1.29, 1.82) is 0 Å². The van der Waals surface area contributed by atoms with Crippen molar-refractivity contribution < 1.29 is 24.1 Å². The summed E-state index contributed by atoms with van der Waals surface area (Å²) in [4.78, 5) is 14.3. The first kappa shape index (κ1) is 39.3. The molecule has 240 valence electrons. The number of hydrogen-bond donors (Lipinski definition) is 1. The normalized spacial score (nSPS) is 11.5. The first-order valence-electron chi connectivity index (χ1n) is 17.4. The van der Waals surface area contributed by atoms with E-state index in [1.54, 1.807) is 0 Å². The van der Waals surface area contributed by atoms with E-state index in [1.165, 1.54) is 96.3 Å². The van der Waals surface area contributed by atoms with Crippen LogP contribution in [0.3, 0.4) is 0 Å². The summed E-state index contributed by atoms with van der Waals surface area (Å²) in [6.45, 7) is 10.3. The van der Waals surface area contributed by atoms with Crippen molar-refractivity contribution in [3.63, 3.8) is 0 Å². The van der Waals surface area contributed by atoms with Gasteiger partial charge in [0.25, 0.3) is 0 Å². The van der Waals surface area contributed by atoms with Gasteiger partial charge in [-0.1, -0.05) is 117 Å². The average Bonchev–Trinajstić information content (AvgIpc) is 2.95. The van der Waals surface area contributed by atoms with Gasteiger partial charge in [0.2, 0.25) is 0 Å². The van der Waals surface area contributed by atoms with Crippen LogP contribution in [0.5, 0.6) is 0 Å². The largest absolute Gasteiger partial charge is 0.466 e. The highest BCUT2D eigenvalue weighted by atomic mass is 16.7. The predicted molar refractivity (Wildman–Crippen MR) is 169 cm³/mol. The van der Waals surface area contributed by atoms with Crippen LogP contribution in [-0.4, -0.2) is 68.8 Å². The zero-order valence-corrected chi connectivity index (χ0v) is 26.9. The van der Waals surface area contributed by atoms with Gasteiger partial charge in [-0.2, -0.15) is 0 Å².